The highest BCUT2D eigenvalue weighted by Crippen LogP contribution is 2.20. The van der Waals surface area contributed by atoms with Crippen LogP contribution in [0.25, 0.3) is 11.4 Å². The third kappa shape index (κ3) is 6.15. The summed E-state index contributed by atoms with van der Waals surface area (Å²) in [5.41, 5.74) is 1.76. The van der Waals surface area contributed by atoms with E-state index in [4.69, 9.17) is 5.11 Å². The number of rotatable bonds is 8. The van der Waals surface area contributed by atoms with Gasteiger partial charge in [0.15, 0.2) is 5.82 Å². The summed E-state index contributed by atoms with van der Waals surface area (Å²) in [6, 6.07) is 6.99. The van der Waals surface area contributed by atoms with E-state index >= 15 is 0 Å². The van der Waals surface area contributed by atoms with E-state index in [2.05, 4.69) is 33.7 Å². The molecule has 1 aromatic heterocycles. The molecule has 0 aliphatic carbocycles. The maximum absolute atomic E-state index is 12.3. The van der Waals surface area contributed by atoms with Gasteiger partial charge in [0.25, 0.3) is 5.91 Å². The zero-order valence-corrected chi connectivity index (χ0v) is 15.1. The summed E-state index contributed by atoms with van der Waals surface area (Å²) in [7, 11) is 1.00. The number of aldehydes is 1. The summed E-state index contributed by atoms with van der Waals surface area (Å²) in [5, 5.41) is 17.0. The first-order valence-electron chi connectivity index (χ1n) is 7.48. The molecule has 0 aliphatic rings. The number of aromatic amines is 1. The Morgan fingerprint density at radius 3 is 2.81 bits per heavy atom. The molecule has 0 radical (unpaired) electrons. The molecule has 1 amide bonds. The SMILES string of the molecule is C=C/C=C(\C=C)NC(=O)c1cccc(-c2nc(SCC=O)n[nH]2)c1.CO. The van der Waals surface area contributed by atoms with Gasteiger partial charge in [-0.2, -0.15) is 0 Å². The first-order valence-corrected chi connectivity index (χ1v) is 8.47. The summed E-state index contributed by atoms with van der Waals surface area (Å²) < 4.78 is 0. The number of amides is 1. The Kier molecular flexibility index (Phi) is 9.37. The molecule has 0 saturated carbocycles. The van der Waals surface area contributed by atoms with Gasteiger partial charge in [0.1, 0.15) is 6.29 Å². The van der Waals surface area contributed by atoms with E-state index in [0.29, 0.717) is 28.0 Å². The Balaban J connectivity index is 0.00000163. The van der Waals surface area contributed by atoms with Crippen molar-refractivity contribution in [2.24, 2.45) is 0 Å². The molecule has 7 nitrogen and oxygen atoms in total. The van der Waals surface area contributed by atoms with Gasteiger partial charge in [0.2, 0.25) is 5.16 Å². The Bertz CT molecular complexity index is 799. The summed E-state index contributed by atoms with van der Waals surface area (Å²) >= 11 is 1.23. The van der Waals surface area contributed by atoms with Gasteiger partial charge in [-0.05, 0) is 24.3 Å². The van der Waals surface area contributed by atoms with Gasteiger partial charge in [0.05, 0.1) is 5.75 Å². The molecule has 0 bridgehead atoms. The van der Waals surface area contributed by atoms with Crippen LogP contribution in [0.15, 0.2) is 66.5 Å². The number of hydrogen-bond acceptors (Lipinski definition) is 6. The second kappa shape index (κ2) is 11.6. The first-order chi connectivity index (χ1) is 12.7. The van der Waals surface area contributed by atoms with Crippen molar-refractivity contribution in [2.75, 3.05) is 12.9 Å². The van der Waals surface area contributed by atoms with E-state index in [-0.39, 0.29) is 5.91 Å². The van der Waals surface area contributed by atoms with Crippen LogP contribution in [0.4, 0.5) is 0 Å². The lowest BCUT2D eigenvalue weighted by molar-refractivity contribution is -0.105. The monoisotopic (exact) mass is 372 g/mol. The normalized spacial score (nSPS) is 10.3. The van der Waals surface area contributed by atoms with E-state index in [9.17, 15) is 9.59 Å². The quantitative estimate of drug-likeness (QED) is 0.373. The maximum atomic E-state index is 12.3. The highest BCUT2D eigenvalue weighted by atomic mass is 32.2. The topological polar surface area (TPSA) is 108 Å². The molecule has 0 unspecified atom stereocenters. The van der Waals surface area contributed by atoms with Gasteiger partial charge >= 0.3 is 0 Å². The Morgan fingerprint density at radius 2 is 2.15 bits per heavy atom. The lowest BCUT2D eigenvalue weighted by Crippen LogP contribution is -2.21. The van der Waals surface area contributed by atoms with Crippen molar-refractivity contribution < 1.29 is 14.7 Å². The molecule has 2 aromatic rings. The molecular weight excluding hydrogens is 352 g/mol. The summed E-state index contributed by atoms with van der Waals surface area (Å²) in [6.45, 7) is 7.22. The number of nitrogens with zero attached hydrogens (tertiary/aromatic N) is 2. The van der Waals surface area contributed by atoms with Crippen LogP contribution < -0.4 is 5.32 Å². The molecule has 3 N–H and O–H groups in total. The summed E-state index contributed by atoms with van der Waals surface area (Å²) in [4.78, 5) is 27.0. The van der Waals surface area contributed by atoms with Crippen LogP contribution in [-0.2, 0) is 4.79 Å². The van der Waals surface area contributed by atoms with E-state index in [1.165, 1.54) is 17.8 Å². The van der Waals surface area contributed by atoms with Crippen molar-refractivity contribution in [3.8, 4) is 11.4 Å². The maximum Gasteiger partial charge on any atom is 0.255 e. The fourth-order valence-electron chi connectivity index (χ4n) is 1.85. The second-order valence-electron chi connectivity index (χ2n) is 4.54. The molecule has 2 rings (SSSR count). The molecule has 0 spiro atoms. The lowest BCUT2D eigenvalue weighted by atomic mass is 10.1. The van der Waals surface area contributed by atoms with E-state index in [0.717, 1.165) is 19.0 Å². The number of aliphatic hydroxyl groups excluding tert-OH is 1. The van der Waals surface area contributed by atoms with Crippen LogP contribution in [0.5, 0.6) is 0 Å². The van der Waals surface area contributed by atoms with Crippen molar-refractivity contribution in [2.45, 2.75) is 5.16 Å². The number of aliphatic hydroxyl groups is 1. The van der Waals surface area contributed by atoms with Crippen LogP contribution in [0.2, 0.25) is 0 Å². The van der Waals surface area contributed by atoms with Crippen LogP contribution >= 0.6 is 11.8 Å². The smallest absolute Gasteiger partial charge is 0.255 e. The Hall–Kier alpha value is -2.97. The van der Waals surface area contributed by atoms with Crippen molar-refractivity contribution in [1.29, 1.82) is 0 Å². The number of thioether (sulfide) groups is 1. The average molecular weight is 372 g/mol. The van der Waals surface area contributed by atoms with Crippen LogP contribution in [-0.4, -0.2) is 45.3 Å². The predicted octanol–water partition coefficient (Wildman–Crippen LogP) is 2.36. The largest absolute Gasteiger partial charge is 0.400 e. The van der Waals surface area contributed by atoms with Crippen LogP contribution in [0, 0.1) is 0 Å². The van der Waals surface area contributed by atoms with Crippen molar-refractivity contribution in [3.63, 3.8) is 0 Å². The minimum absolute atomic E-state index is 0.264. The molecule has 0 aliphatic heterocycles. The molecule has 0 atom stereocenters. The molecule has 0 fully saturated rings. The predicted molar refractivity (Wildman–Crippen MR) is 103 cm³/mol. The fraction of sp³-hybridized carbons (Fsp3) is 0.111. The second-order valence-corrected chi connectivity index (χ2v) is 5.53. The number of benzene rings is 1. The highest BCUT2D eigenvalue weighted by Gasteiger charge is 2.10. The molecule has 8 heteroatoms. The minimum atomic E-state index is -0.264. The van der Waals surface area contributed by atoms with E-state index in [1.54, 1.807) is 30.4 Å². The minimum Gasteiger partial charge on any atom is -0.400 e. The zero-order chi connectivity index (χ0) is 19.4. The van der Waals surface area contributed by atoms with Crippen LogP contribution in [0.1, 0.15) is 10.4 Å². The van der Waals surface area contributed by atoms with Gasteiger partial charge in [-0.25, -0.2) is 4.98 Å². The Morgan fingerprint density at radius 1 is 1.38 bits per heavy atom. The van der Waals surface area contributed by atoms with E-state index in [1.807, 2.05) is 6.07 Å². The van der Waals surface area contributed by atoms with Crippen molar-refractivity contribution in [3.05, 3.63) is 66.9 Å². The number of carbonyl (C=O) groups excluding carboxylic acids is 2. The highest BCUT2D eigenvalue weighted by molar-refractivity contribution is 7.99. The van der Waals surface area contributed by atoms with Crippen molar-refractivity contribution >= 4 is 24.0 Å². The van der Waals surface area contributed by atoms with Crippen molar-refractivity contribution in [1.82, 2.24) is 20.5 Å². The molecule has 1 aromatic carbocycles. The van der Waals surface area contributed by atoms with Gasteiger partial charge in [-0.15, -0.1) is 5.10 Å². The van der Waals surface area contributed by atoms with Crippen LogP contribution in [0.3, 0.4) is 0 Å². The lowest BCUT2D eigenvalue weighted by Gasteiger charge is -2.06. The summed E-state index contributed by atoms with van der Waals surface area (Å²) in [5.74, 6) is 0.559. The molecular formula is C18H20N4O3S. The third-order valence-electron chi connectivity index (χ3n) is 2.92. The Labute approximate surface area is 155 Å². The van der Waals surface area contributed by atoms with Gasteiger partial charge in [-0.1, -0.05) is 43.1 Å². The first kappa shape index (κ1) is 21.1. The number of nitrogens with one attached hydrogen (secondary N) is 2. The molecule has 26 heavy (non-hydrogen) atoms. The third-order valence-corrected chi connectivity index (χ3v) is 3.66. The average Bonchev–Trinajstić information content (AvgIpc) is 3.16. The fourth-order valence-corrected chi connectivity index (χ4v) is 2.33. The van der Waals surface area contributed by atoms with E-state index < -0.39 is 0 Å². The van der Waals surface area contributed by atoms with Gasteiger partial charge in [-0.3, -0.25) is 9.89 Å². The molecule has 0 saturated heterocycles. The number of hydrogen-bond donors (Lipinski definition) is 3. The standard InChI is InChI=1S/C17H16N4O2S.CH4O/c1-3-6-14(4-2)18-16(23)13-8-5-7-12(11-13)15-19-17(21-20-15)24-10-9-22;1-2/h3-9,11H,1-2,10H2,(H,18,23)(H,19,20,21);2H,1H3/b14-6+;. The number of H-pyrrole nitrogens is 1. The molecule has 136 valence electrons. The van der Waals surface area contributed by atoms with Gasteiger partial charge < -0.3 is 15.2 Å². The number of aromatic nitrogens is 3. The number of allylic oxidation sites excluding steroid dienone is 3. The molecule has 1 heterocycles. The zero-order valence-electron chi connectivity index (χ0n) is 14.3. The number of carbonyl (C=O) groups is 2. The summed E-state index contributed by atoms with van der Waals surface area (Å²) in [6.07, 6.45) is 5.55. The van der Waals surface area contributed by atoms with Gasteiger partial charge in [0, 0.05) is 23.9 Å².